The summed E-state index contributed by atoms with van der Waals surface area (Å²) in [6.45, 7) is 0. The average Bonchev–Trinajstić information content (AvgIpc) is 3.29. The second-order valence-electron chi connectivity index (χ2n) is 7.31. The summed E-state index contributed by atoms with van der Waals surface area (Å²) in [4.78, 5) is 22.7. The lowest BCUT2D eigenvalue weighted by Gasteiger charge is -2.08. The molecule has 0 saturated heterocycles. The van der Waals surface area contributed by atoms with Crippen molar-refractivity contribution in [2.24, 2.45) is 0 Å². The second-order valence-corrected chi connectivity index (χ2v) is 9.20. The highest BCUT2D eigenvalue weighted by molar-refractivity contribution is 7.18. The number of nitrogens with zero attached hydrogens (tertiary/aromatic N) is 1. The van der Waals surface area contributed by atoms with Gasteiger partial charge in [0.05, 0.1) is 15.4 Å². The largest absolute Gasteiger partial charge is 0.453 e. The van der Waals surface area contributed by atoms with Crippen LogP contribution in [0.1, 0.15) is 36.1 Å². The molecule has 29 heavy (non-hydrogen) atoms. The van der Waals surface area contributed by atoms with Gasteiger partial charge in [0.1, 0.15) is 10.6 Å². The van der Waals surface area contributed by atoms with E-state index in [1.165, 1.54) is 29.7 Å². The Kier molecular flexibility index (Phi) is 4.98. The zero-order chi connectivity index (χ0) is 20.0. The molecule has 4 nitrogen and oxygen atoms in total. The molecule has 7 heteroatoms. The van der Waals surface area contributed by atoms with Crippen LogP contribution in [-0.4, -0.2) is 9.97 Å². The Morgan fingerprint density at radius 3 is 2.59 bits per heavy atom. The lowest BCUT2D eigenvalue weighted by molar-refractivity contribution is 0.592. The van der Waals surface area contributed by atoms with Crippen LogP contribution in [0.25, 0.3) is 33.1 Å². The highest BCUT2D eigenvalue weighted by Crippen LogP contribution is 2.35. The van der Waals surface area contributed by atoms with Gasteiger partial charge in [0.2, 0.25) is 0 Å². The van der Waals surface area contributed by atoms with Crippen molar-refractivity contribution in [3.05, 3.63) is 61.2 Å². The van der Waals surface area contributed by atoms with E-state index in [0.717, 1.165) is 35.0 Å². The van der Waals surface area contributed by atoms with Gasteiger partial charge in [0, 0.05) is 10.4 Å². The molecule has 0 bridgehead atoms. The van der Waals surface area contributed by atoms with Crippen LogP contribution in [-0.2, 0) is 12.8 Å². The van der Waals surface area contributed by atoms with Gasteiger partial charge >= 0.3 is 0 Å². The number of thiophene rings is 1. The molecule has 1 aliphatic carbocycles. The van der Waals surface area contributed by atoms with Crippen LogP contribution >= 0.6 is 34.5 Å². The topological polar surface area (TPSA) is 58.9 Å². The lowest BCUT2D eigenvalue weighted by atomic mass is 9.98. The zero-order valence-electron chi connectivity index (χ0n) is 15.6. The molecular formula is C22H18Cl2N2O2S. The summed E-state index contributed by atoms with van der Waals surface area (Å²) in [6.07, 6.45) is 6.78. The first kappa shape index (κ1) is 18.9. The Hall–Kier alpha value is -2.08. The predicted molar refractivity (Wildman–Crippen MR) is 119 cm³/mol. The van der Waals surface area contributed by atoms with E-state index in [1.54, 1.807) is 23.5 Å². The molecule has 0 atom stereocenters. The predicted octanol–water partition coefficient (Wildman–Crippen LogP) is 6.88. The van der Waals surface area contributed by atoms with Crippen molar-refractivity contribution in [1.82, 2.24) is 9.97 Å². The second kappa shape index (κ2) is 7.63. The number of furan rings is 1. The number of hydrogen-bond donors (Lipinski definition) is 1. The maximum absolute atomic E-state index is 12.9. The van der Waals surface area contributed by atoms with Crippen LogP contribution in [0.2, 0.25) is 10.0 Å². The molecule has 0 amide bonds. The Morgan fingerprint density at radius 2 is 1.76 bits per heavy atom. The molecular weight excluding hydrogens is 427 g/mol. The molecule has 4 aromatic rings. The molecule has 5 rings (SSSR count). The summed E-state index contributed by atoms with van der Waals surface area (Å²) in [5.74, 6) is 1.61. The standard InChI is InChI=1S/C22H18Cl2N2O2S/c23-14-8-7-12(11-15(14)24)16-9-10-17(28-16)20-25-21(27)19-13-5-3-1-2-4-6-18(13)29-22(19)26-20/h7-11H,1-6H2,(H,25,26,27). The van der Waals surface area contributed by atoms with Gasteiger partial charge in [-0.1, -0.05) is 36.0 Å². The molecule has 0 fully saturated rings. The van der Waals surface area contributed by atoms with E-state index in [2.05, 4.69) is 4.98 Å². The van der Waals surface area contributed by atoms with Crippen molar-refractivity contribution < 1.29 is 4.42 Å². The van der Waals surface area contributed by atoms with Crippen LogP contribution in [0.15, 0.2) is 39.5 Å². The number of halogens is 2. The number of rotatable bonds is 2. The first-order valence-corrected chi connectivity index (χ1v) is 11.3. The summed E-state index contributed by atoms with van der Waals surface area (Å²) in [6, 6.07) is 8.98. The van der Waals surface area contributed by atoms with Gasteiger partial charge in [0.25, 0.3) is 5.56 Å². The molecule has 3 heterocycles. The summed E-state index contributed by atoms with van der Waals surface area (Å²) in [5.41, 5.74) is 1.92. The van der Waals surface area contributed by atoms with Gasteiger partial charge in [-0.3, -0.25) is 4.79 Å². The van der Waals surface area contributed by atoms with Crippen LogP contribution in [0.3, 0.4) is 0 Å². The Balaban J connectivity index is 1.56. The summed E-state index contributed by atoms with van der Waals surface area (Å²) >= 11 is 13.8. The van der Waals surface area contributed by atoms with E-state index in [9.17, 15) is 4.79 Å². The molecule has 148 valence electrons. The molecule has 1 aromatic carbocycles. The molecule has 0 aliphatic heterocycles. The SMILES string of the molecule is O=c1[nH]c(-c2ccc(-c3ccc(Cl)c(Cl)c3)o2)nc2sc3c(c12)CCCCCC3. The van der Waals surface area contributed by atoms with Crippen molar-refractivity contribution in [1.29, 1.82) is 0 Å². The minimum atomic E-state index is -0.0874. The first-order valence-electron chi connectivity index (χ1n) is 9.70. The minimum Gasteiger partial charge on any atom is -0.453 e. The third-order valence-corrected chi connectivity index (χ3v) is 7.29. The molecule has 0 radical (unpaired) electrons. The third-order valence-electron chi connectivity index (χ3n) is 5.37. The number of benzene rings is 1. The minimum absolute atomic E-state index is 0.0874. The van der Waals surface area contributed by atoms with Crippen LogP contribution in [0.4, 0.5) is 0 Å². The van der Waals surface area contributed by atoms with Gasteiger partial charge in [-0.15, -0.1) is 11.3 Å². The Bertz CT molecular complexity index is 1270. The number of hydrogen-bond acceptors (Lipinski definition) is 4. The number of aromatic amines is 1. The maximum atomic E-state index is 12.9. The number of aryl methyl sites for hydroxylation is 2. The van der Waals surface area contributed by atoms with Crippen LogP contribution in [0.5, 0.6) is 0 Å². The lowest BCUT2D eigenvalue weighted by Crippen LogP contribution is -2.10. The highest BCUT2D eigenvalue weighted by Gasteiger charge is 2.19. The number of aromatic nitrogens is 2. The Labute approximate surface area is 181 Å². The summed E-state index contributed by atoms with van der Waals surface area (Å²) < 4.78 is 5.97. The fourth-order valence-electron chi connectivity index (χ4n) is 3.90. The van der Waals surface area contributed by atoms with Crippen molar-refractivity contribution >= 4 is 44.8 Å². The third kappa shape index (κ3) is 3.52. The molecule has 3 aromatic heterocycles. The van der Waals surface area contributed by atoms with Crippen molar-refractivity contribution in [3.63, 3.8) is 0 Å². The van der Waals surface area contributed by atoms with Crippen LogP contribution < -0.4 is 5.56 Å². The van der Waals surface area contributed by atoms with Gasteiger partial charge < -0.3 is 9.40 Å². The average molecular weight is 445 g/mol. The molecule has 0 unspecified atom stereocenters. The quantitative estimate of drug-likeness (QED) is 0.366. The molecule has 0 spiro atoms. The number of nitrogens with one attached hydrogen (secondary N) is 1. The molecule has 1 aliphatic rings. The van der Waals surface area contributed by atoms with Crippen molar-refractivity contribution in [3.8, 4) is 22.9 Å². The molecule has 1 N–H and O–H groups in total. The normalized spacial score (nSPS) is 14.6. The Morgan fingerprint density at radius 1 is 0.966 bits per heavy atom. The van der Waals surface area contributed by atoms with E-state index < -0.39 is 0 Å². The fraction of sp³-hybridized carbons (Fsp3) is 0.273. The summed E-state index contributed by atoms with van der Waals surface area (Å²) in [7, 11) is 0. The van der Waals surface area contributed by atoms with E-state index in [-0.39, 0.29) is 5.56 Å². The van der Waals surface area contributed by atoms with Crippen molar-refractivity contribution in [2.45, 2.75) is 38.5 Å². The van der Waals surface area contributed by atoms with E-state index in [4.69, 9.17) is 32.6 Å². The summed E-state index contributed by atoms with van der Waals surface area (Å²) in [5, 5.41) is 1.71. The van der Waals surface area contributed by atoms with Crippen molar-refractivity contribution in [2.75, 3.05) is 0 Å². The van der Waals surface area contributed by atoms with Gasteiger partial charge in [-0.05, 0) is 61.6 Å². The highest BCUT2D eigenvalue weighted by atomic mass is 35.5. The monoisotopic (exact) mass is 444 g/mol. The van der Waals surface area contributed by atoms with Gasteiger partial charge in [-0.2, -0.15) is 0 Å². The van der Waals surface area contributed by atoms with E-state index in [1.807, 2.05) is 18.2 Å². The van der Waals surface area contributed by atoms with Gasteiger partial charge in [0.15, 0.2) is 11.6 Å². The zero-order valence-corrected chi connectivity index (χ0v) is 17.9. The first-order chi connectivity index (χ1) is 14.1. The van der Waals surface area contributed by atoms with E-state index >= 15 is 0 Å². The maximum Gasteiger partial charge on any atom is 0.260 e. The number of H-pyrrole nitrogens is 1. The van der Waals surface area contributed by atoms with E-state index in [0.29, 0.717) is 27.4 Å². The molecule has 0 saturated carbocycles. The van der Waals surface area contributed by atoms with Gasteiger partial charge in [-0.25, -0.2) is 4.98 Å². The van der Waals surface area contributed by atoms with Crippen LogP contribution in [0, 0.1) is 0 Å². The fourth-order valence-corrected chi connectivity index (χ4v) is 5.46. The smallest absolute Gasteiger partial charge is 0.260 e. The number of fused-ring (bicyclic) bond motifs is 3.